The fraction of sp³-hybridized carbons (Fsp3) is 0.409. The lowest BCUT2D eigenvalue weighted by Gasteiger charge is -2.42. The highest BCUT2D eigenvalue weighted by Crippen LogP contribution is 2.39. The number of rotatable bonds is 6. The van der Waals surface area contributed by atoms with Crippen molar-refractivity contribution in [1.29, 1.82) is 0 Å². The van der Waals surface area contributed by atoms with Crippen molar-refractivity contribution >= 4 is 27.5 Å². The number of hydrogen-bond acceptors (Lipinski definition) is 6. The van der Waals surface area contributed by atoms with E-state index >= 15 is 0 Å². The molecule has 0 spiro atoms. The van der Waals surface area contributed by atoms with E-state index in [0.717, 1.165) is 40.2 Å². The summed E-state index contributed by atoms with van der Waals surface area (Å²) in [7, 11) is 1.94. The summed E-state index contributed by atoms with van der Waals surface area (Å²) in [5.74, 6) is 1.83. The van der Waals surface area contributed by atoms with Gasteiger partial charge < -0.3 is 14.6 Å². The predicted octanol–water partition coefficient (Wildman–Crippen LogP) is 3.32. The monoisotopic (exact) mass is 482 g/mol. The zero-order chi connectivity index (χ0) is 21.6. The first kappa shape index (κ1) is 20.3. The number of benzene rings is 1. The minimum absolute atomic E-state index is 0.200. The molecule has 2 aromatic heterocycles. The second-order valence-corrected chi connectivity index (χ2v) is 9.43. The Balaban J connectivity index is 1.41. The molecule has 0 radical (unpaired) electrons. The van der Waals surface area contributed by atoms with Gasteiger partial charge >= 0.3 is 0 Å². The van der Waals surface area contributed by atoms with Crippen molar-refractivity contribution in [1.82, 2.24) is 24.7 Å². The first-order valence-corrected chi connectivity index (χ1v) is 11.1. The van der Waals surface area contributed by atoms with Crippen LogP contribution in [-0.2, 0) is 23.6 Å². The molecule has 0 bridgehead atoms. The molecule has 1 aliphatic heterocycles. The zero-order valence-corrected chi connectivity index (χ0v) is 19.0. The molecule has 160 valence electrons. The number of carbonyl (C=O) groups excluding carboxylic acids is 1. The van der Waals surface area contributed by atoms with Crippen molar-refractivity contribution < 1.29 is 9.53 Å². The van der Waals surface area contributed by atoms with Gasteiger partial charge in [-0.15, -0.1) is 10.2 Å². The second kappa shape index (κ2) is 7.80. The van der Waals surface area contributed by atoms with Gasteiger partial charge in [-0.05, 0) is 49.6 Å². The Morgan fingerprint density at radius 2 is 2.06 bits per heavy atom. The standard InChI is InChI=1S/C22H23BrN6O2/c1-13-5-18(27-20(25-13)14-3-4-14)21(30)26-17-7-15(6-16(23)8-17)22(10-31-11-22)9-19-28-24-12-29(19)2/h5-8,12,14H,3-4,9-11H2,1-2H3,(H,26,30). The van der Waals surface area contributed by atoms with Crippen LogP contribution in [0.3, 0.4) is 0 Å². The van der Waals surface area contributed by atoms with Crippen LogP contribution in [0, 0.1) is 6.92 Å². The van der Waals surface area contributed by atoms with Crippen molar-refractivity contribution in [3.05, 3.63) is 63.7 Å². The van der Waals surface area contributed by atoms with Gasteiger partial charge in [0.25, 0.3) is 5.91 Å². The van der Waals surface area contributed by atoms with Crippen LogP contribution in [0.5, 0.6) is 0 Å². The summed E-state index contributed by atoms with van der Waals surface area (Å²) in [6.07, 6.45) is 4.60. The SMILES string of the molecule is Cc1cc(C(=O)Nc2cc(Br)cc(C3(Cc4nncn4C)COC3)c2)nc(C2CC2)n1. The first-order chi connectivity index (χ1) is 14.9. The third kappa shape index (κ3) is 4.12. The van der Waals surface area contributed by atoms with Crippen LogP contribution in [0.2, 0.25) is 0 Å². The van der Waals surface area contributed by atoms with E-state index in [4.69, 9.17) is 4.74 Å². The second-order valence-electron chi connectivity index (χ2n) is 8.52. The Morgan fingerprint density at radius 1 is 1.26 bits per heavy atom. The number of nitrogens with one attached hydrogen (secondary N) is 1. The van der Waals surface area contributed by atoms with Crippen molar-refractivity contribution in [3.63, 3.8) is 0 Å². The fourth-order valence-electron chi connectivity index (χ4n) is 3.88. The van der Waals surface area contributed by atoms with E-state index in [1.54, 1.807) is 12.4 Å². The molecule has 9 heteroatoms. The molecule has 3 heterocycles. The highest BCUT2D eigenvalue weighted by Gasteiger charge is 2.42. The average Bonchev–Trinajstić information content (AvgIpc) is 3.47. The van der Waals surface area contributed by atoms with Crippen molar-refractivity contribution in [2.45, 2.75) is 37.5 Å². The molecule has 1 amide bonds. The summed E-state index contributed by atoms with van der Waals surface area (Å²) in [5, 5.41) is 11.2. The van der Waals surface area contributed by atoms with Gasteiger partial charge in [0.1, 0.15) is 23.7 Å². The number of aryl methyl sites for hydroxylation is 2. The van der Waals surface area contributed by atoms with Crippen molar-refractivity contribution in [2.24, 2.45) is 7.05 Å². The summed E-state index contributed by atoms with van der Waals surface area (Å²) in [4.78, 5) is 21.9. The number of hydrogen-bond donors (Lipinski definition) is 1. The zero-order valence-electron chi connectivity index (χ0n) is 17.4. The number of carbonyl (C=O) groups is 1. The van der Waals surface area contributed by atoms with Crippen molar-refractivity contribution in [3.8, 4) is 0 Å². The molecule has 2 aliphatic rings. The van der Waals surface area contributed by atoms with E-state index in [2.05, 4.69) is 47.5 Å². The Labute approximate surface area is 188 Å². The van der Waals surface area contributed by atoms with E-state index in [1.165, 1.54) is 0 Å². The number of aromatic nitrogens is 5. The van der Waals surface area contributed by atoms with Crippen LogP contribution in [0.4, 0.5) is 5.69 Å². The Kier molecular flexibility index (Phi) is 5.10. The molecule has 0 atom stereocenters. The Morgan fingerprint density at radius 3 is 2.71 bits per heavy atom. The van der Waals surface area contributed by atoms with Gasteiger partial charge in [0.15, 0.2) is 0 Å². The van der Waals surface area contributed by atoms with Gasteiger partial charge in [0, 0.05) is 40.7 Å². The fourth-order valence-corrected chi connectivity index (χ4v) is 4.38. The van der Waals surface area contributed by atoms with E-state index in [9.17, 15) is 4.79 Å². The van der Waals surface area contributed by atoms with E-state index < -0.39 is 0 Å². The Bertz CT molecular complexity index is 1150. The van der Waals surface area contributed by atoms with Gasteiger partial charge in [-0.3, -0.25) is 4.79 Å². The summed E-state index contributed by atoms with van der Waals surface area (Å²) >= 11 is 3.60. The smallest absolute Gasteiger partial charge is 0.274 e. The van der Waals surface area contributed by atoms with Crippen molar-refractivity contribution in [2.75, 3.05) is 18.5 Å². The molecule has 1 aliphatic carbocycles. The lowest BCUT2D eigenvalue weighted by molar-refractivity contribution is -0.0611. The number of amides is 1. The molecule has 5 rings (SSSR count). The molecule has 3 aromatic rings. The van der Waals surface area contributed by atoms with Gasteiger partial charge in [0.2, 0.25) is 0 Å². The number of nitrogens with zero attached hydrogens (tertiary/aromatic N) is 5. The van der Waals surface area contributed by atoms with Crippen LogP contribution in [-0.4, -0.2) is 43.9 Å². The minimum Gasteiger partial charge on any atom is -0.379 e. The number of anilines is 1. The minimum atomic E-state index is -0.233. The summed E-state index contributed by atoms with van der Waals surface area (Å²) < 4.78 is 8.41. The normalized spacial score (nSPS) is 17.3. The number of halogens is 1. The molecular formula is C22H23BrN6O2. The molecule has 31 heavy (non-hydrogen) atoms. The van der Waals surface area contributed by atoms with Gasteiger partial charge in [0.05, 0.1) is 13.2 Å². The van der Waals surface area contributed by atoms with Gasteiger partial charge in [-0.2, -0.15) is 0 Å². The van der Waals surface area contributed by atoms with Gasteiger partial charge in [-0.25, -0.2) is 9.97 Å². The maximum absolute atomic E-state index is 13.0. The molecule has 1 N–H and O–H groups in total. The maximum Gasteiger partial charge on any atom is 0.274 e. The van der Waals surface area contributed by atoms with Crippen LogP contribution < -0.4 is 5.32 Å². The van der Waals surface area contributed by atoms with Crippen LogP contribution in [0.1, 0.15) is 52.2 Å². The molecule has 8 nitrogen and oxygen atoms in total. The first-order valence-electron chi connectivity index (χ1n) is 10.3. The molecule has 1 aromatic carbocycles. The quantitative estimate of drug-likeness (QED) is 0.578. The molecule has 0 unspecified atom stereocenters. The lowest BCUT2D eigenvalue weighted by Crippen LogP contribution is -2.49. The summed E-state index contributed by atoms with van der Waals surface area (Å²) in [5.41, 5.74) is 2.81. The van der Waals surface area contributed by atoms with Gasteiger partial charge in [-0.1, -0.05) is 15.9 Å². The van der Waals surface area contributed by atoms with Crippen LogP contribution in [0.25, 0.3) is 0 Å². The molecule has 1 saturated heterocycles. The maximum atomic E-state index is 13.0. The molecule has 1 saturated carbocycles. The van der Waals surface area contributed by atoms with E-state index in [-0.39, 0.29) is 11.3 Å². The van der Waals surface area contributed by atoms with E-state index in [1.807, 2.05) is 30.7 Å². The topological polar surface area (TPSA) is 94.8 Å². The predicted molar refractivity (Wildman–Crippen MR) is 118 cm³/mol. The average molecular weight is 483 g/mol. The third-order valence-electron chi connectivity index (χ3n) is 5.87. The highest BCUT2D eigenvalue weighted by molar-refractivity contribution is 9.10. The third-order valence-corrected chi connectivity index (χ3v) is 6.33. The summed E-state index contributed by atoms with van der Waals surface area (Å²) in [6, 6.07) is 7.72. The number of ether oxygens (including phenoxy) is 1. The largest absolute Gasteiger partial charge is 0.379 e. The molecular weight excluding hydrogens is 460 g/mol. The van der Waals surface area contributed by atoms with E-state index in [0.29, 0.717) is 36.9 Å². The van der Waals surface area contributed by atoms with Crippen LogP contribution in [0.15, 0.2) is 35.1 Å². The highest BCUT2D eigenvalue weighted by atomic mass is 79.9. The molecule has 2 fully saturated rings. The Hall–Kier alpha value is -2.65. The van der Waals surface area contributed by atoms with Crippen LogP contribution >= 0.6 is 15.9 Å². The lowest BCUT2D eigenvalue weighted by atomic mass is 9.75. The summed E-state index contributed by atoms with van der Waals surface area (Å²) in [6.45, 7) is 3.09.